The number of nitrogens with one attached hydrogen (secondary N) is 2. The second-order valence-corrected chi connectivity index (χ2v) is 8.13. The van der Waals surface area contributed by atoms with Crippen molar-refractivity contribution in [3.8, 4) is 0 Å². The monoisotopic (exact) mass is 421 g/mol. The molecule has 2 aromatic carbocycles. The smallest absolute Gasteiger partial charge is 0.191 e. The fourth-order valence-electron chi connectivity index (χ4n) is 4.21. The lowest BCUT2D eigenvalue weighted by Crippen LogP contribution is -2.49. The van der Waals surface area contributed by atoms with Gasteiger partial charge in [-0.2, -0.15) is 0 Å². The molecule has 2 N–H and O–H groups in total. The predicted molar refractivity (Wildman–Crippen MR) is 132 cm³/mol. The van der Waals surface area contributed by atoms with Gasteiger partial charge in [-0.1, -0.05) is 67.6 Å². The molecule has 0 bridgehead atoms. The van der Waals surface area contributed by atoms with E-state index < -0.39 is 0 Å². The molecular weight excluding hydrogens is 382 g/mol. The van der Waals surface area contributed by atoms with E-state index >= 15 is 0 Å². The van der Waals surface area contributed by atoms with Crippen LogP contribution in [-0.2, 0) is 0 Å². The van der Waals surface area contributed by atoms with Gasteiger partial charge in [0.25, 0.3) is 0 Å². The van der Waals surface area contributed by atoms with Gasteiger partial charge in [0, 0.05) is 58.3 Å². The maximum atomic E-state index is 4.88. The normalized spacial score (nSPS) is 15.9. The Morgan fingerprint density at radius 1 is 0.839 bits per heavy atom. The number of nitrogens with zero attached hydrogens (tertiary/aromatic N) is 3. The van der Waals surface area contributed by atoms with Crippen molar-refractivity contribution in [2.75, 3.05) is 58.9 Å². The molecule has 2 aromatic rings. The van der Waals surface area contributed by atoms with Crippen LogP contribution in [-0.4, -0.2) is 74.7 Å². The van der Waals surface area contributed by atoms with Gasteiger partial charge in [-0.25, -0.2) is 0 Å². The van der Waals surface area contributed by atoms with Gasteiger partial charge in [0.15, 0.2) is 5.96 Å². The number of guanidine groups is 1. The first kappa shape index (κ1) is 23.3. The summed E-state index contributed by atoms with van der Waals surface area (Å²) in [6.07, 6.45) is 0.990. The Kier molecular flexibility index (Phi) is 9.87. The molecule has 0 radical (unpaired) electrons. The van der Waals surface area contributed by atoms with Crippen molar-refractivity contribution in [3.63, 3.8) is 0 Å². The van der Waals surface area contributed by atoms with E-state index in [1.54, 1.807) is 0 Å². The molecule has 0 amide bonds. The third-order valence-electron chi connectivity index (χ3n) is 6.07. The highest BCUT2D eigenvalue weighted by Crippen LogP contribution is 2.27. The van der Waals surface area contributed by atoms with Crippen LogP contribution in [0.25, 0.3) is 0 Å². The molecule has 1 aliphatic heterocycles. The summed E-state index contributed by atoms with van der Waals surface area (Å²) in [4.78, 5) is 9.94. The number of hydrogen-bond donors (Lipinski definition) is 2. The van der Waals surface area contributed by atoms with Gasteiger partial charge in [-0.3, -0.25) is 9.89 Å². The molecule has 0 spiro atoms. The first-order valence-electron chi connectivity index (χ1n) is 11.9. The van der Waals surface area contributed by atoms with Gasteiger partial charge < -0.3 is 15.5 Å². The molecule has 1 aliphatic rings. The second kappa shape index (κ2) is 13.1. The highest BCUT2D eigenvalue weighted by Gasteiger charge is 2.15. The van der Waals surface area contributed by atoms with Crippen molar-refractivity contribution >= 4 is 5.96 Å². The Bertz CT molecular complexity index is 714. The minimum Gasteiger partial charge on any atom is -0.357 e. The Labute approximate surface area is 188 Å². The lowest BCUT2D eigenvalue weighted by atomic mass is 9.89. The van der Waals surface area contributed by atoms with Gasteiger partial charge in [0.05, 0.1) is 0 Å². The molecule has 1 heterocycles. The topological polar surface area (TPSA) is 42.9 Å². The molecule has 0 aromatic heterocycles. The van der Waals surface area contributed by atoms with E-state index in [-0.39, 0.29) is 0 Å². The third-order valence-corrected chi connectivity index (χ3v) is 6.07. The maximum absolute atomic E-state index is 4.88. The largest absolute Gasteiger partial charge is 0.357 e. The first-order valence-corrected chi connectivity index (χ1v) is 11.9. The standard InChI is InChI=1S/C26H39N5/c1-3-27-26(29-17-18-31-21-19-30(4-2)20-22-31)28-16-15-25(23-11-7-5-8-12-23)24-13-9-6-10-14-24/h5-14,25H,3-4,15-22H2,1-2H3,(H2,27,28,29). The van der Waals surface area contributed by atoms with E-state index in [0.29, 0.717) is 5.92 Å². The average molecular weight is 422 g/mol. The molecule has 1 saturated heterocycles. The van der Waals surface area contributed by atoms with Crippen LogP contribution in [0.3, 0.4) is 0 Å². The Hall–Kier alpha value is -2.37. The van der Waals surface area contributed by atoms with Crippen LogP contribution in [0.1, 0.15) is 37.3 Å². The summed E-state index contributed by atoms with van der Waals surface area (Å²) in [5.41, 5.74) is 2.71. The van der Waals surface area contributed by atoms with Crippen LogP contribution in [0, 0.1) is 0 Å². The van der Waals surface area contributed by atoms with Crippen LogP contribution in [0.2, 0.25) is 0 Å². The lowest BCUT2D eigenvalue weighted by molar-refractivity contribution is 0.139. The molecule has 31 heavy (non-hydrogen) atoms. The Morgan fingerprint density at radius 2 is 1.42 bits per heavy atom. The second-order valence-electron chi connectivity index (χ2n) is 8.13. The quantitative estimate of drug-likeness (QED) is 0.456. The molecule has 168 valence electrons. The Morgan fingerprint density at radius 3 is 1.97 bits per heavy atom. The highest BCUT2D eigenvalue weighted by molar-refractivity contribution is 5.79. The summed E-state index contributed by atoms with van der Waals surface area (Å²) in [5, 5.41) is 6.93. The van der Waals surface area contributed by atoms with Crippen molar-refractivity contribution in [1.82, 2.24) is 20.4 Å². The molecule has 0 saturated carbocycles. The average Bonchev–Trinajstić information content (AvgIpc) is 2.83. The number of piperazine rings is 1. The van der Waals surface area contributed by atoms with Crippen LogP contribution < -0.4 is 10.6 Å². The lowest BCUT2D eigenvalue weighted by Gasteiger charge is -2.34. The predicted octanol–water partition coefficient (Wildman–Crippen LogP) is 3.40. The molecule has 5 heteroatoms. The van der Waals surface area contributed by atoms with Crippen LogP contribution >= 0.6 is 0 Å². The molecule has 5 nitrogen and oxygen atoms in total. The summed E-state index contributed by atoms with van der Waals surface area (Å²) >= 11 is 0. The summed E-state index contributed by atoms with van der Waals surface area (Å²) < 4.78 is 0. The van der Waals surface area contributed by atoms with Crippen LogP contribution in [0.15, 0.2) is 65.7 Å². The van der Waals surface area contributed by atoms with Gasteiger partial charge in [0.2, 0.25) is 0 Å². The molecule has 0 atom stereocenters. The zero-order chi connectivity index (χ0) is 21.7. The molecule has 0 aliphatic carbocycles. The summed E-state index contributed by atoms with van der Waals surface area (Å²) in [6.45, 7) is 13.9. The molecule has 3 rings (SSSR count). The van der Waals surface area contributed by atoms with Crippen molar-refractivity contribution in [1.29, 1.82) is 0 Å². The van der Waals surface area contributed by atoms with E-state index in [9.17, 15) is 0 Å². The zero-order valence-electron chi connectivity index (χ0n) is 19.3. The number of hydrogen-bond acceptors (Lipinski definition) is 3. The van der Waals surface area contributed by atoms with Crippen molar-refractivity contribution in [3.05, 3.63) is 71.8 Å². The maximum Gasteiger partial charge on any atom is 0.191 e. The van der Waals surface area contributed by atoms with Gasteiger partial charge in [0.1, 0.15) is 0 Å². The van der Waals surface area contributed by atoms with E-state index in [1.165, 1.54) is 37.3 Å². The van der Waals surface area contributed by atoms with Crippen LogP contribution in [0.5, 0.6) is 0 Å². The third kappa shape index (κ3) is 7.67. The van der Waals surface area contributed by atoms with Gasteiger partial charge >= 0.3 is 0 Å². The number of aliphatic imine (C=N–C) groups is 1. The van der Waals surface area contributed by atoms with Gasteiger partial charge in [-0.15, -0.1) is 0 Å². The molecular formula is C26H39N5. The van der Waals surface area contributed by atoms with Crippen molar-refractivity contribution in [2.45, 2.75) is 26.2 Å². The van der Waals surface area contributed by atoms with E-state index in [2.05, 4.69) is 94.9 Å². The fraction of sp³-hybridized carbons (Fsp3) is 0.500. The zero-order valence-corrected chi connectivity index (χ0v) is 19.3. The van der Waals surface area contributed by atoms with E-state index in [1.807, 2.05) is 0 Å². The van der Waals surface area contributed by atoms with Crippen molar-refractivity contribution < 1.29 is 0 Å². The summed E-state index contributed by atoms with van der Waals surface area (Å²) in [6, 6.07) is 21.6. The molecule has 0 unspecified atom stereocenters. The minimum atomic E-state index is 0.365. The summed E-state index contributed by atoms with van der Waals surface area (Å²) in [5.74, 6) is 1.29. The Balaban J connectivity index is 1.52. The van der Waals surface area contributed by atoms with E-state index in [4.69, 9.17) is 4.99 Å². The SMILES string of the molecule is CCNC(=NCCC(c1ccccc1)c1ccccc1)NCCN1CCN(CC)CC1. The summed E-state index contributed by atoms with van der Waals surface area (Å²) in [7, 11) is 0. The number of rotatable bonds is 10. The van der Waals surface area contributed by atoms with E-state index in [0.717, 1.165) is 45.1 Å². The van der Waals surface area contributed by atoms with Gasteiger partial charge in [-0.05, 0) is 31.0 Å². The first-order chi connectivity index (χ1) is 15.3. The van der Waals surface area contributed by atoms with Crippen LogP contribution in [0.4, 0.5) is 0 Å². The minimum absolute atomic E-state index is 0.365. The molecule has 1 fully saturated rings. The number of benzene rings is 2. The number of likely N-dealkylation sites (N-methyl/N-ethyl adjacent to an activating group) is 1. The highest BCUT2D eigenvalue weighted by atomic mass is 15.3. The fourth-order valence-corrected chi connectivity index (χ4v) is 4.21. The van der Waals surface area contributed by atoms with Crippen molar-refractivity contribution in [2.24, 2.45) is 4.99 Å².